The Morgan fingerprint density at radius 3 is 2.47 bits per heavy atom. The van der Waals surface area contributed by atoms with Crippen molar-refractivity contribution in [1.29, 1.82) is 0 Å². The molecular formula is C27H32N4O5. The second kappa shape index (κ2) is 12.6. The summed E-state index contributed by atoms with van der Waals surface area (Å²) in [7, 11) is 0. The Kier molecular flexibility index (Phi) is 9.35. The molecule has 1 unspecified atom stereocenters. The van der Waals surface area contributed by atoms with E-state index in [0.717, 1.165) is 35.4 Å². The number of hydrogen-bond donors (Lipinski definition) is 4. The summed E-state index contributed by atoms with van der Waals surface area (Å²) in [4.78, 5) is 41.0. The fourth-order valence-electron chi connectivity index (χ4n) is 4.07. The zero-order valence-corrected chi connectivity index (χ0v) is 20.5. The zero-order chi connectivity index (χ0) is 26.1. The number of aromatic carboxylic acids is 1. The molecule has 4 N–H and O–H groups in total. The molecule has 9 nitrogen and oxygen atoms in total. The van der Waals surface area contributed by atoms with E-state index < -0.39 is 17.9 Å². The Labute approximate surface area is 210 Å². The number of rotatable bonds is 12. The van der Waals surface area contributed by atoms with Gasteiger partial charge in [-0.05, 0) is 43.0 Å². The maximum Gasteiger partial charge on any atom is 0.335 e. The van der Waals surface area contributed by atoms with Crippen molar-refractivity contribution < 1.29 is 24.7 Å². The number of carbonyl (C=O) groups is 3. The van der Waals surface area contributed by atoms with Gasteiger partial charge < -0.3 is 15.0 Å². The molecule has 0 aliphatic rings. The number of carbonyl (C=O) groups excluding carboxylic acids is 2. The van der Waals surface area contributed by atoms with Crippen LogP contribution in [0.1, 0.15) is 69.5 Å². The maximum absolute atomic E-state index is 13.4. The van der Waals surface area contributed by atoms with Crippen LogP contribution in [0.4, 0.5) is 0 Å². The van der Waals surface area contributed by atoms with E-state index in [1.54, 1.807) is 17.6 Å². The van der Waals surface area contributed by atoms with Crippen LogP contribution in [0.5, 0.6) is 0 Å². The van der Waals surface area contributed by atoms with E-state index in [9.17, 15) is 14.4 Å². The molecule has 0 saturated carbocycles. The summed E-state index contributed by atoms with van der Waals surface area (Å²) in [6.07, 6.45) is 4.41. The topological polar surface area (TPSA) is 134 Å². The van der Waals surface area contributed by atoms with E-state index in [1.807, 2.05) is 35.8 Å². The molecule has 3 rings (SSSR count). The van der Waals surface area contributed by atoms with E-state index >= 15 is 0 Å². The van der Waals surface area contributed by atoms with Crippen LogP contribution in [-0.2, 0) is 24.2 Å². The van der Waals surface area contributed by atoms with Crippen molar-refractivity contribution in [2.75, 3.05) is 0 Å². The van der Waals surface area contributed by atoms with E-state index in [-0.39, 0.29) is 17.9 Å². The van der Waals surface area contributed by atoms with Gasteiger partial charge in [0.15, 0.2) is 0 Å². The number of nitrogens with one attached hydrogen (secondary N) is 2. The Morgan fingerprint density at radius 2 is 1.83 bits per heavy atom. The second-order valence-corrected chi connectivity index (χ2v) is 8.85. The largest absolute Gasteiger partial charge is 0.478 e. The van der Waals surface area contributed by atoms with Crippen molar-refractivity contribution >= 4 is 17.8 Å². The van der Waals surface area contributed by atoms with Gasteiger partial charge in [0.2, 0.25) is 5.91 Å². The Balaban J connectivity index is 1.86. The van der Waals surface area contributed by atoms with Gasteiger partial charge in [-0.1, -0.05) is 55.3 Å². The number of benzene rings is 2. The number of hydroxylamine groups is 1. The summed E-state index contributed by atoms with van der Waals surface area (Å²) in [5, 5.41) is 21.1. The molecule has 2 amide bonds. The fourth-order valence-corrected chi connectivity index (χ4v) is 4.07. The average Bonchev–Trinajstić information content (AvgIpc) is 3.25. The van der Waals surface area contributed by atoms with Gasteiger partial charge in [-0.15, -0.1) is 0 Å². The van der Waals surface area contributed by atoms with Crippen LogP contribution >= 0.6 is 0 Å². The first kappa shape index (κ1) is 26.6. The van der Waals surface area contributed by atoms with Crippen LogP contribution in [0.3, 0.4) is 0 Å². The lowest BCUT2D eigenvalue weighted by Crippen LogP contribution is -2.41. The number of hydrogen-bond acceptors (Lipinski definition) is 5. The van der Waals surface area contributed by atoms with E-state index in [4.69, 9.17) is 10.3 Å². The zero-order valence-electron chi connectivity index (χ0n) is 20.5. The highest BCUT2D eigenvalue weighted by molar-refractivity contribution is 5.93. The van der Waals surface area contributed by atoms with Crippen LogP contribution in [0.2, 0.25) is 0 Å². The Bertz CT molecular complexity index is 1200. The predicted molar refractivity (Wildman–Crippen MR) is 134 cm³/mol. The van der Waals surface area contributed by atoms with Crippen molar-refractivity contribution in [3.05, 3.63) is 88.5 Å². The Morgan fingerprint density at radius 1 is 1.08 bits per heavy atom. The fraction of sp³-hybridized carbons (Fsp3) is 0.333. The highest BCUT2D eigenvalue weighted by atomic mass is 16.5. The van der Waals surface area contributed by atoms with Crippen molar-refractivity contribution in [2.45, 2.75) is 58.5 Å². The summed E-state index contributed by atoms with van der Waals surface area (Å²) in [6, 6.07) is 13.8. The maximum atomic E-state index is 13.4. The van der Waals surface area contributed by atoms with Gasteiger partial charge in [-0.2, -0.15) is 0 Å². The molecule has 0 bridgehead atoms. The molecule has 0 spiro atoms. The second-order valence-electron chi connectivity index (χ2n) is 8.85. The standard InChI is InChI=1S/C27H32N4O5/c1-3-4-8-24-28-16-23(31(24)17-19-9-11-21(12-10-19)27(34)35)26(33)29-22(15-25(32)30-36)14-20-7-5-6-18(2)13-20/h5-7,9-13,16,22,36H,3-4,8,14-15,17H2,1-2H3,(H,29,33)(H,30,32)(H,34,35). The van der Waals surface area contributed by atoms with Crippen molar-refractivity contribution in [3.63, 3.8) is 0 Å². The molecule has 0 saturated heterocycles. The van der Waals surface area contributed by atoms with Crippen LogP contribution in [0.25, 0.3) is 0 Å². The first-order valence-electron chi connectivity index (χ1n) is 12.0. The van der Waals surface area contributed by atoms with E-state index in [1.165, 1.54) is 18.3 Å². The quantitative estimate of drug-likeness (QED) is 0.226. The molecule has 1 heterocycles. The summed E-state index contributed by atoms with van der Waals surface area (Å²) in [6.45, 7) is 4.39. The number of carboxylic acids is 1. The first-order chi connectivity index (χ1) is 17.3. The number of unbranched alkanes of at least 4 members (excludes halogenated alkanes) is 1. The van der Waals surface area contributed by atoms with Gasteiger partial charge in [0.1, 0.15) is 11.5 Å². The first-order valence-corrected chi connectivity index (χ1v) is 12.0. The molecule has 0 aliphatic carbocycles. The minimum atomic E-state index is -1.00. The van der Waals surface area contributed by atoms with Gasteiger partial charge >= 0.3 is 5.97 Å². The summed E-state index contributed by atoms with van der Waals surface area (Å²) in [5.41, 5.74) is 5.04. The number of nitrogens with zero attached hydrogens (tertiary/aromatic N) is 2. The predicted octanol–water partition coefficient (Wildman–Crippen LogP) is 3.52. The van der Waals surface area contributed by atoms with E-state index in [0.29, 0.717) is 25.1 Å². The monoisotopic (exact) mass is 492 g/mol. The molecule has 36 heavy (non-hydrogen) atoms. The SMILES string of the molecule is CCCCc1ncc(C(=O)NC(CC(=O)NO)Cc2cccc(C)c2)n1Cc1ccc(C(=O)O)cc1. The summed E-state index contributed by atoms with van der Waals surface area (Å²) in [5.74, 6) is -1.22. The number of carboxylic acid groups (broad SMARTS) is 1. The molecule has 1 aromatic heterocycles. The third kappa shape index (κ3) is 7.26. The molecule has 0 aliphatic heterocycles. The molecule has 3 aromatic rings. The van der Waals surface area contributed by atoms with E-state index in [2.05, 4.69) is 17.2 Å². The molecule has 2 aromatic carbocycles. The van der Waals surface area contributed by atoms with Crippen LogP contribution in [0.15, 0.2) is 54.7 Å². The minimum Gasteiger partial charge on any atom is -0.478 e. The van der Waals surface area contributed by atoms with Gasteiger partial charge in [0, 0.05) is 25.4 Å². The smallest absolute Gasteiger partial charge is 0.335 e. The molecule has 1 atom stereocenters. The third-order valence-corrected chi connectivity index (χ3v) is 5.92. The molecule has 9 heteroatoms. The number of aromatic nitrogens is 2. The van der Waals surface area contributed by atoms with Crippen molar-refractivity contribution in [3.8, 4) is 0 Å². The minimum absolute atomic E-state index is 0.0936. The number of aryl methyl sites for hydroxylation is 2. The van der Waals surface area contributed by atoms with Crippen molar-refractivity contribution in [1.82, 2.24) is 20.3 Å². The highest BCUT2D eigenvalue weighted by Gasteiger charge is 2.22. The third-order valence-electron chi connectivity index (χ3n) is 5.92. The lowest BCUT2D eigenvalue weighted by Gasteiger charge is -2.19. The van der Waals surface area contributed by atoms with Gasteiger partial charge in [-0.25, -0.2) is 15.3 Å². The lowest BCUT2D eigenvalue weighted by molar-refractivity contribution is -0.129. The summed E-state index contributed by atoms with van der Waals surface area (Å²) >= 11 is 0. The lowest BCUT2D eigenvalue weighted by atomic mass is 10.0. The molecule has 190 valence electrons. The van der Waals surface area contributed by atoms with Crippen LogP contribution < -0.4 is 10.8 Å². The molecule has 0 fully saturated rings. The summed E-state index contributed by atoms with van der Waals surface area (Å²) < 4.78 is 1.83. The number of imidazole rings is 1. The average molecular weight is 493 g/mol. The Hall–Kier alpha value is -3.98. The van der Waals surface area contributed by atoms with Crippen LogP contribution in [0, 0.1) is 6.92 Å². The number of amides is 2. The molecular weight excluding hydrogens is 460 g/mol. The van der Waals surface area contributed by atoms with Crippen molar-refractivity contribution in [2.24, 2.45) is 0 Å². The van der Waals surface area contributed by atoms with Crippen LogP contribution in [-0.4, -0.2) is 43.7 Å². The van der Waals surface area contributed by atoms with Gasteiger partial charge in [-0.3, -0.25) is 14.8 Å². The van der Waals surface area contributed by atoms with Gasteiger partial charge in [0.05, 0.1) is 11.8 Å². The van der Waals surface area contributed by atoms with Gasteiger partial charge in [0.25, 0.3) is 5.91 Å². The normalized spacial score (nSPS) is 11.6. The highest BCUT2D eigenvalue weighted by Crippen LogP contribution is 2.15. The molecule has 0 radical (unpaired) electrons.